The molecule has 1 unspecified atom stereocenters. The van der Waals surface area contributed by atoms with E-state index in [9.17, 15) is 4.79 Å². The SMILES string of the molecule is Cc1c(C(=O)N(C)C2CCOC2)sc2ncnc(NCc3ccc4c(c3)OCO4)c12. The van der Waals surface area contributed by atoms with Gasteiger partial charge in [0.1, 0.15) is 17.0 Å². The van der Waals surface area contributed by atoms with Gasteiger partial charge in [-0.2, -0.15) is 0 Å². The fourth-order valence-electron chi connectivity index (χ4n) is 3.80. The van der Waals surface area contributed by atoms with Crippen LogP contribution in [-0.4, -0.2) is 53.9 Å². The van der Waals surface area contributed by atoms with Crippen LogP contribution in [0.3, 0.4) is 0 Å². The number of fused-ring (bicyclic) bond motifs is 2. The standard InChI is InChI=1S/C21H22N4O4S/c1-12-17-19(22-8-13-3-4-15-16(7-13)29-11-28-15)23-10-24-20(17)30-18(12)21(26)25(2)14-5-6-27-9-14/h3-4,7,10,14H,5-6,8-9,11H2,1-2H3,(H,22,23,24). The van der Waals surface area contributed by atoms with E-state index in [4.69, 9.17) is 14.2 Å². The first-order chi connectivity index (χ1) is 14.6. The largest absolute Gasteiger partial charge is 0.454 e. The summed E-state index contributed by atoms with van der Waals surface area (Å²) in [5.74, 6) is 2.24. The normalized spacial score (nSPS) is 17.5. The van der Waals surface area contributed by atoms with Crippen LogP contribution in [0.1, 0.15) is 27.2 Å². The Morgan fingerprint density at radius 1 is 1.30 bits per heavy atom. The minimum atomic E-state index is 0.00715. The van der Waals surface area contributed by atoms with Gasteiger partial charge in [-0.3, -0.25) is 4.79 Å². The molecule has 30 heavy (non-hydrogen) atoms. The number of nitrogens with one attached hydrogen (secondary N) is 1. The number of likely N-dealkylation sites (N-methyl/N-ethyl adjacent to an activating group) is 1. The number of thiophene rings is 1. The van der Waals surface area contributed by atoms with Crippen molar-refractivity contribution in [3.05, 3.63) is 40.5 Å². The molecule has 156 valence electrons. The Bertz CT molecular complexity index is 1110. The number of rotatable bonds is 5. The lowest BCUT2D eigenvalue weighted by Gasteiger charge is -2.22. The second-order valence-electron chi connectivity index (χ2n) is 7.43. The molecule has 1 fully saturated rings. The monoisotopic (exact) mass is 426 g/mol. The quantitative estimate of drug-likeness (QED) is 0.670. The van der Waals surface area contributed by atoms with Gasteiger partial charge in [0.2, 0.25) is 6.79 Å². The van der Waals surface area contributed by atoms with Gasteiger partial charge in [-0.1, -0.05) is 6.07 Å². The van der Waals surface area contributed by atoms with E-state index in [0.29, 0.717) is 24.6 Å². The third-order valence-electron chi connectivity index (χ3n) is 5.59. The first-order valence-electron chi connectivity index (χ1n) is 9.83. The van der Waals surface area contributed by atoms with Crippen molar-refractivity contribution in [2.75, 3.05) is 32.4 Å². The number of hydrogen-bond acceptors (Lipinski definition) is 8. The number of carbonyl (C=O) groups is 1. The molecule has 4 heterocycles. The first-order valence-corrected chi connectivity index (χ1v) is 10.6. The molecule has 8 nitrogen and oxygen atoms in total. The topological polar surface area (TPSA) is 85.8 Å². The van der Waals surface area contributed by atoms with Crippen molar-refractivity contribution >= 4 is 33.3 Å². The smallest absolute Gasteiger partial charge is 0.264 e. The van der Waals surface area contributed by atoms with Crippen molar-refractivity contribution < 1.29 is 19.0 Å². The van der Waals surface area contributed by atoms with Gasteiger partial charge in [-0.05, 0) is 36.6 Å². The predicted molar refractivity (Wildman–Crippen MR) is 113 cm³/mol. The molecule has 0 radical (unpaired) electrons. The van der Waals surface area contributed by atoms with Crippen LogP contribution in [0, 0.1) is 6.92 Å². The number of aryl methyl sites for hydroxylation is 1. The van der Waals surface area contributed by atoms with Crippen molar-refractivity contribution in [2.45, 2.75) is 25.9 Å². The van der Waals surface area contributed by atoms with Crippen LogP contribution in [-0.2, 0) is 11.3 Å². The average molecular weight is 426 g/mol. The van der Waals surface area contributed by atoms with E-state index in [1.807, 2.05) is 32.2 Å². The third-order valence-corrected chi connectivity index (χ3v) is 6.78. The van der Waals surface area contributed by atoms with E-state index < -0.39 is 0 Å². The number of anilines is 1. The number of hydrogen-bond donors (Lipinski definition) is 1. The Hall–Kier alpha value is -2.91. The van der Waals surface area contributed by atoms with Gasteiger partial charge in [0.15, 0.2) is 11.5 Å². The van der Waals surface area contributed by atoms with Crippen LogP contribution in [0.4, 0.5) is 5.82 Å². The summed E-state index contributed by atoms with van der Waals surface area (Å²) in [6.07, 6.45) is 2.40. The van der Waals surface area contributed by atoms with Gasteiger partial charge in [-0.15, -0.1) is 11.3 Å². The van der Waals surface area contributed by atoms with E-state index in [1.54, 1.807) is 4.90 Å². The maximum absolute atomic E-state index is 13.1. The van der Waals surface area contributed by atoms with Gasteiger partial charge in [0.05, 0.1) is 22.9 Å². The van der Waals surface area contributed by atoms with Crippen molar-refractivity contribution in [1.82, 2.24) is 14.9 Å². The molecule has 1 saturated heterocycles. The molecule has 1 N–H and O–H groups in total. The number of benzene rings is 1. The summed E-state index contributed by atoms with van der Waals surface area (Å²) in [6, 6.07) is 5.98. The van der Waals surface area contributed by atoms with Crippen LogP contribution in [0.25, 0.3) is 10.2 Å². The molecule has 0 aliphatic carbocycles. The number of carbonyl (C=O) groups excluding carboxylic acids is 1. The Balaban J connectivity index is 1.40. The third kappa shape index (κ3) is 3.33. The van der Waals surface area contributed by atoms with Crippen LogP contribution in [0.5, 0.6) is 11.5 Å². The molecule has 3 aromatic rings. The molecule has 1 amide bonds. The molecule has 1 aromatic carbocycles. The van der Waals surface area contributed by atoms with Crippen molar-refractivity contribution in [2.24, 2.45) is 0 Å². The predicted octanol–water partition coefficient (Wildman–Crippen LogP) is 3.20. The van der Waals surface area contributed by atoms with Crippen LogP contribution < -0.4 is 14.8 Å². The van der Waals surface area contributed by atoms with Gasteiger partial charge < -0.3 is 24.4 Å². The summed E-state index contributed by atoms with van der Waals surface area (Å²) in [4.78, 5) is 25.2. The zero-order valence-electron chi connectivity index (χ0n) is 16.8. The van der Waals surface area contributed by atoms with Crippen molar-refractivity contribution in [3.8, 4) is 11.5 Å². The molecule has 9 heteroatoms. The zero-order chi connectivity index (χ0) is 20.7. The highest BCUT2D eigenvalue weighted by molar-refractivity contribution is 7.20. The fourth-order valence-corrected chi connectivity index (χ4v) is 4.93. The molecule has 0 spiro atoms. The number of amides is 1. The second-order valence-corrected chi connectivity index (χ2v) is 8.43. The minimum Gasteiger partial charge on any atom is -0.454 e. The molecular weight excluding hydrogens is 404 g/mol. The maximum Gasteiger partial charge on any atom is 0.264 e. The highest BCUT2D eigenvalue weighted by Gasteiger charge is 2.28. The average Bonchev–Trinajstić information content (AvgIpc) is 3.51. The number of ether oxygens (including phenoxy) is 3. The lowest BCUT2D eigenvalue weighted by Crippen LogP contribution is -2.37. The second kappa shape index (κ2) is 7.73. The summed E-state index contributed by atoms with van der Waals surface area (Å²) in [6.45, 7) is 4.08. The van der Waals surface area contributed by atoms with E-state index in [2.05, 4.69) is 15.3 Å². The number of aromatic nitrogens is 2. The Kier molecular flexibility index (Phi) is 4.92. The zero-order valence-corrected chi connectivity index (χ0v) is 17.6. The molecule has 0 saturated carbocycles. The van der Waals surface area contributed by atoms with Crippen molar-refractivity contribution in [1.29, 1.82) is 0 Å². The van der Waals surface area contributed by atoms with E-state index in [1.165, 1.54) is 17.7 Å². The Labute approximate surface area is 177 Å². The summed E-state index contributed by atoms with van der Waals surface area (Å²) in [7, 11) is 1.84. The molecular formula is C21H22N4O4S. The van der Waals surface area contributed by atoms with Crippen molar-refractivity contribution in [3.63, 3.8) is 0 Å². The number of nitrogens with zero attached hydrogens (tertiary/aromatic N) is 3. The Morgan fingerprint density at radius 3 is 3.00 bits per heavy atom. The van der Waals surface area contributed by atoms with Gasteiger partial charge in [-0.25, -0.2) is 9.97 Å². The van der Waals surface area contributed by atoms with E-state index in [-0.39, 0.29) is 18.7 Å². The highest BCUT2D eigenvalue weighted by Crippen LogP contribution is 2.35. The van der Waals surface area contributed by atoms with E-state index >= 15 is 0 Å². The van der Waals surface area contributed by atoms with Gasteiger partial charge in [0, 0.05) is 20.2 Å². The summed E-state index contributed by atoms with van der Waals surface area (Å²) >= 11 is 1.41. The summed E-state index contributed by atoms with van der Waals surface area (Å²) < 4.78 is 16.2. The molecule has 0 bridgehead atoms. The first kappa shape index (κ1) is 19.1. The lowest BCUT2D eigenvalue weighted by atomic mass is 10.1. The van der Waals surface area contributed by atoms with E-state index in [0.717, 1.165) is 45.1 Å². The summed E-state index contributed by atoms with van der Waals surface area (Å²) in [5, 5.41) is 4.28. The minimum absolute atomic E-state index is 0.00715. The molecule has 2 aromatic heterocycles. The Morgan fingerprint density at radius 2 is 2.17 bits per heavy atom. The fraction of sp³-hybridized carbons (Fsp3) is 0.381. The molecule has 2 aliphatic heterocycles. The molecule has 2 aliphatic rings. The lowest BCUT2D eigenvalue weighted by molar-refractivity contribution is 0.0715. The van der Waals surface area contributed by atoms with Gasteiger partial charge in [0.25, 0.3) is 5.91 Å². The van der Waals surface area contributed by atoms with Crippen LogP contribution in [0.2, 0.25) is 0 Å². The van der Waals surface area contributed by atoms with Crippen LogP contribution >= 0.6 is 11.3 Å². The maximum atomic E-state index is 13.1. The highest BCUT2D eigenvalue weighted by atomic mass is 32.1. The molecule has 1 atom stereocenters. The van der Waals surface area contributed by atoms with Gasteiger partial charge >= 0.3 is 0 Å². The van der Waals surface area contributed by atoms with Crippen LogP contribution in [0.15, 0.2) is 24.5 Å². The molecule has 5 rings (SSSR count). The summed E-state index contributed by atoms with van der Waals surface area (Å²) in [5.41, 5.74) is 1.95.